The molecule has 0 unspecified atom stereocenters. The van der Waals surface area contributed by atoms with Crippen LogP contribution in [0.5, 0.6) is 0 Å². The Morgan fingerprint density at radius 3 is 2.43 bits per heavy atom. The zero-order valence-corrected chi connectivity index (χ0v) is 12.6. The molecule has 1 aliphatic rings. The van der Waals surface area contributed by atoms with Crippen LogP contribution < -0.4 is 10.2 Å². The minimum absolute atomic E-state index is 0.513. The van der Waals surface area contributed by atoms with Crippen LogP contribution in [0.3, 0.4) is 0 Å². The molecule has 1 N–H and O–H groups in total. The Bertz CT molecular complexity index is 579. The SMILES string of the molecule is Clc1ccc(Nc2nncc(N3CCCCCC3)n2)cc1. The molecule has 0 bridgehead atoms. The van der Waals surface area contributed by atoms with Gasteiger partial charge in [0.2, 0.25) is 5.95 Å². The number of benzene rings is 1. The molecule has 2 heterocycles. The molecule has 2 aromatic rings. The zero-order chi connectivity index (χ0) is 14.5. The van der Waals surface area contributed by atoms with Crippen molar-refractivity contribution in [1.29, 1.82) is 0 Å². The predicted octanol–water partition coefficient (Wildman–Crippen LogP) is 3.65. The first-order valence-corrected chi connectivity index (χ1v) is 7.66. The van der Waals surface area contributed by atoms with Gasteiger partial charge in [-0.2, -0.15) is 10.1 Å². The lowest BCUT2D eigenvalue weighted by Gasteiger charge is -2.20. The molecule has 0 atom stereocenters. The smallest absolute Gasteiger partial charge is 0.249 e. The Morgan fingerprint density at radius 1 is 1.00 bits per heavy atom. The van der Waals surface area contributed by atoms with Crippen LogP contribution in [-0.2, 0) is 0 Å². The zero-order valence-electron chi connectivity index (χ0n) is 11.8. The van der Waals surface area contributed by atoms with E-state index in [1.807, 2.05) is 24.3 Å². The third-order valence-electron chi connectivity index (χ3n) is 3.58. The van der Waals surface area contributed by atoms with Crippen LogP contribution in [0.4, 0.5) is 17.5 Å². The molecule has 0 spiro atoms. The normalized spacial score (nSPS) is 15.6. The highest BCUT2D eigenvalue weighted by Crippen LogP contribution is 2.20. The van der Waals surface area contributed by atoms with Gasteiger partial charge in [0.05, 0.1) is 6.20 Å². The van der Waals surface area contributed by atoms with E-state index in [9.17, 15) is 0 Å². The van der Waals surface area contributed by atoms with Gasteiger partial charge in [0.15, 0.2) is 5.82 Å². The molecular formula is C15H18ClN5. The summed E-state index contributed by atoms with van der Waals surface area (Å²) in [6.45, 7) is 2.08. The van der Waals surface area contributed by atoms with Gasteiger partial charge in [-0.05, 0) is 37.1 Å². The molecule has 1 aromatic carbocycles. The monoisotopic (exact) mass is 303 g/mol. The first-order chi connectivity index (χ1) is 10.3. The van der Waals surface area contributed by atoms with E-state index in [4.69, 9.17) is 11.6 Å². The van der Waals surface area contributed by atoms with Gasteiger partial charge >= 0.3 is 0 Å². The minimum Gasteiger partial charge on any atom is -0.355 e. The van der Waals surface area contributed by atoms with Crippen LogP contribution >= 0.6 is 11.6 Å². The van der Waals surface area contributed by atoms with Crippen LogP contribution in [-0.4, -0.2) is 28.3 Å². The van der Waals surface area contributed by atoms with E-state index in [1.165, 1.54) is 25.7 Å². The molecule has 0 aliphatic carbocycles. The molecule has 1 aromatic heterocycles. The van der Waals surface area contributed by atoms with Crippen LogP contribution in [0.25, 0.3) is 0 Å². The molecule has 0 amide bonds. The third kappa shape index (κ3) is 3.82. The van der Waals surface area contributed by atoms with Gasteiger partial charge in [-0.1, -0.05) is 24.4 Å². The average molecular weight is 304 g/mol. The quantitative estimate of drug-likeness (QED) is 0.938. The van der Waals surface area contributed by atoms with Crippen molar-refractivity contribution in [3.63, 3.8) is 0 Å². The molecule has 6 heteroatoms. The van der Waals surface area contributed by atoms with E-state index in [2.05, 4.69) is 25.4 Å². The molecule has 1 aliphatic heterocycles. The van der Waals surface area contributed by atoms with E-state index in [-0.39, 0.29) is 0 Å². The van der Waals surface area contributed by atoms with E-state index < -0.39 is 0 Å². The van der Waals surface area contributed by atoms with Crippen molar-refractivity contribution >= 4 is 29.1 Å². The fourth-order valence-corrected chi connectivity index (χ4v) is 2.59. The first kappa shape index (κ1) is 14.1. The minimum atomic E-state index is 0.513. The lowest BCUT2D eigenvalue weighted by Crippen LogP contribution is -2.25. The van der Waals surface area contributed by atoms with Crippen LogP contribution in [0.1, 0.15) is 25.7 Å². The third-order valence-corrected chi connectivity index (χ3v) is 3.83. The van der Waals surface area contributed by atoms with Crippen molar-refractivity contribution in [2.45, 2.75) is 25.7 Å². The number of nitrogens with zero attached hydrogens (tertiary/aromatic N) is 4. The Hall–Kier alpha value is -1.88. The summed E-state index contributed by atoms with van der Waals surface area (Å²) in [5.74, 6) is 1.41. The number of aromatic nitrogens is 3. The highest BCUT2D eigenvalue weighted by atomic mass is 35.5. The van der Waals surface area contributed by atoms with Crippen LogP contribution in [0.15, 0.2) is 30.5 Å². The fraction of sp³-hybridized carbons (Fsp3) is 0.400. The Labute approximate surface area is 129 Å². The lowest BCUT2D eigenvalue weighted by atomic mass is 10.2. The van der Waals surface area contributed by atoms with Gasteiger partial charge < -0.3 is 10.2 Å². The molecule has 5 nitrogen and oxygen atoms in total. The van der Waals surface area contributed by atoms with Gasteiger partial charge in [-0.3, -0.25) is 0 Å². The maximum atomic E-state index is 5.88. The number of hydrogen-bond acceptors (Lipinski definition) is 5. The Morgan fingerprint density at radius 2 is 1.71 bits per heavy atom. The summed E-state index contributed by atoms with van der Waals surface area (Å²) in [5, 5.41) is 12.0. The summed E-state index contributed by atoms with van der Waals surface area (Å²) in [7, 11) is 0. The van der Waals surface area contributed by atoms with Crippen molar-refractivity contribution < 1.29 is 0 Å². The summed E-state index contributed by atoms with van der Waals surface area (Å²) in [6.07, 6.45) is 6.75. The van der Waals surface area contributed by atoms with Gasteiger partial charge in [-0.25, -0.2) is 0 Å². The molecule has 21 heavy (non-hydrogen) atoms. The first-order valence-electron chi connectivity index (χ1n) is 7.28. The highest BCUT2D eigenvalue weighted by molar-refractivity contribution is 6.30. The standard InChI is InChI=1S/C15H18ClN5/c16-12-5-7-13(8-6-12)18-15-19-14(11-17-20-15)21-9-3-1-2-4-10-21/h5-8,11H,1-4,9-10H2,(H,18,19,20). The number of nitrogens with one attached hydrogen (secondary N) is 1. The predicted molar refractivity (Wildman–Crippen MR) is 85.2 cm³/mol. The highest BCUT2D eigenvalue weighted by Gasteiger charge is 2.12. The Kier molecular flexibility index (Phi) is 4.50. The number of rotatable bonds is 3. The van der Waals surface area contributed by atoms with Crippen molar-refractivity contribution in [3.8, 4) is 0 Å². The summed E-state index contributed by atoms with van der Waals surface area (Å²) in [5.41, 5.74) is 0.897. The summed E-state index contributed by atoms with van der Waals surface area (Å²) >= 11 is 5.88. The second-order valence-corrected chi connectivity index (χ2v) is 5.61. The van der Waals surface area contributed by atoms with Crippen molar-refractivity contribution in [3.05, 3.63) is 35.5 Å². The Balaban J connectivity index is 1.74. The molecular weight excluding hydrogens is 286 g/mol. The lowest BCUT2D eigenvalue weighted by molar-refractivity contribution is 0.726. The molecule has 110 valence electrons. The van der Waals surface area contributed by atoms with Crippen molar-refractivity contribution in [2.75, 3.05) is 23.3 Å². The van der Waals surface area contributed by atoms with Crippen molar-refractivity contribution in [1.82, 2.24) is 15.2 Å². The molecule has 0 radical (unpaired) electrons. The van der Waals surface area contributed by atoms with Crippen LogP contribution in [0.2, 0.25) is 5.02 Å². The van der Waals surface area contributed by atoms with Gasteiger partial charge in [-0.15, -0.1) is 5.10 Å². The molecule has 3 rings (SSSR count). The van der Waals surface area contributed by atoms with Crippen molar-refractivity contribution in [2.24, 2.45) is 0 Å². The second kappa shape index (κ2) is 6.72. The average Bonchev–Trinajstić information content (AvgIpc) is 2.79. The van der Waals surface area contributed by atoms with Gasteiger partial charge in [0, 0.05) is 23.8 Å². The van der Waals surface area contributed by atoms with E-state index >= 15 is 0 Å². The topological polar surface area (TPSA) is 53.9 Å². The van der Waals surface area contributed by atoms with E-state index in [0.717, 1.165) is 24.6 Å². The maximum Gasteiger partial charge on any atom is 0.249 e. The summed E-state index contributed by atoms with van der Waals surface area (Å²) < 4.78 is 0. The van der Waals surface area contributed by atoms with E-state index in [1.54, 1.807) is 6.20 Å². The second-order valence-electron chi connectivity index (χ2n) is 5.17. The van der Waals surface area contributed by atoms with E-state index in [0.29, 0.717) is 11.0 Å². The number of anilines is 3. The fourth-order valence-electron chi connectivity index (χ4n) is 2.46. The number of hydrogen-bond donors (Lipinski definition) is 1. The molecule has 0 saturated carbocycles. The molecule has 1 fully saturated rings. The van der Waals surface area contributed by atoms with Gasteiger partial charge in [0.25, 0.3) is 0 Å². The van der Waals surface area contributed by atoms with Crippen LogP contribution in [0, 0.1) is 0 Å². The maximum absolute atomic E-state index is 5.88. The number of halogens is 1. The summed E-state index contributed by atoms with van der Waals surface area (Å²) in [6, 6.07) is 7.44. The summed E-state index contributed by atoms with van der Waals surface area (Å²) in [4.78, 5) is 6.85. The largest absolute Gasteiger partial charge is 0.355 e. The van der Waals surface area contributed by atoms with Gasteiger partial charge in [0.1, 0.15) is 0 Å². The molecule has 1 saturated heterocycles.